The Hall–Kier alpha value is -3.00. The van der Waals surface area contributed by atoms with Gasteiger partial charge in [-0.1, -0.05) is 54.6 Å². The van der Waals surface area contributed by atoms with Crippen LogP contribution < -0.4 is 4.74 Å². The minimum absolute atomic E-state index is 0.274. The molecule has 0 spiro atoms. The van der Waals surface area contributed by atoms with Crippen LogP contribution in [0.2, 0.25) is 0 Å². The Labute approximate surface area is 140 Å². The molecule has 2 heteroatoms. The zero-order chi connectivity index (χ0) is 16.5. The fourth-order valence-corrected chi connectivity index (χ4v) is 3.17. The number of aromatic hydroxyl groups is 1. The molecule has 0 radical (unpaired) electrons. The molecule has 0 saturated carbocycles. The smallest absolute Gasteiger partial charge is 0.127 e. The molecule has 0 saturated heterocycles. The summed E-state index contributed by atoms with van der Waals surface area (Å²) in [6.45, 7) is 2.58. The van der Waals surface area contributed by atoms with Gasteiger partial charge in [0.15, 0.2) is 0 Å². The summed E-state index contributed by atoms with van der Waals surface area (Å²) in [5.74, 6) is 1.16. The highest BCUT2D eigenvalue weighted by atomic mass is 16.5. The molecule has 118 valence electrons. The molecular weight excluding hydrogens is 296 g/mol. The summed E-state index contributed by atoms with van der Waals surface area (Å²) < 4.78 is 6.13. The van der Waals surface area contributed by atoms with Gasteiger partial charge in [-0.15, -0.1) is 0 Å². The van der Waals surface area contributed by atoms with Crippen LogP contribution in [0.4, 0.5) is 0 Å². The van der Waals surface area contributed by atoms with Gasteiger partial charge in [-0.05, 0) is 52.4 Å². The van der Waals surface area contributed by atoms with Gasteiger partial charge in [-0.2, -0.15) is 0 Å². The molecule has 0 fully saturated rings. The van der Waals surface area contributed by atoms with Crippen LogP contribution in [-0.4, -0.2) is 5.11 Å². The first-order valence-electron chi connectivity index (χ1n) is 8.04. The maximum absolute atomic E-state index is 9.77. The van der Waals surface area contributed by atoms with Crippen LogP contribution >= 0.6 is 0 Å². The van der Waals surface area contributed by atoms with Crippen molar-refractivity contribution in [1.29, 1.82) is 0 Å². The van der Waals surface area contributed by atoms with Crippen molar-refractivity contribution in [3.63, 3.8) is 0 Å². The predicted octanol–water partition coefficient (Wildman–Crippen LogP) is 5.59. The summed E-state index contributed by atoms with van der Waals surface area (Å²) >= 11 is 0. The van der Waals surface area contributed by atoms with Crippen LogP contribution in [0.3, 0.4) is 0 Å². The third kappa shape index (κ3) is 2.56. The summed E-state index contributed by atoms with van der Waals surface area (Å²) in [4.78, 5) is 0. The number of phenols is 1. The van der Waals surface area contributed by atoms with E-state index in [1.54, 1.807) is 12.1 Å². The first-order valence-corrected chi connectivity index (χ1v) is 8.04. The minimum Gasteiger partial charge on any atom is -0.508 e. The van der Waals surface area contributed by atoms with Gasteiger partial charge in [0.05, 0.1) is 0 Å². The Morgan fingerprint density at radius 2 is 1.58 bits per heavy atom. The van der Waals surface area contributed by atoms with E-state index in [1.165, 1.54) is 10.9 Å². The molecule has 4 aromatic rings. The Morgan fingerprint density at radius 3 is 2.50 bits per heavy atom. The normalized spacial score (nSPS) is 11.0. The summed E-state index contributed by atoms with van der Waals surface area (Å²) in [5, 5.41) is 14.2. The molecule has 0 bridgehead atoms. The van der Waals surface area contributed by atoms with E-state index in [0.717, 1.165) is 27.5 Å². The fraction of sp³-hybridized carbons (Fsp3) is 0.0909. The van der Waals surface area contributed by atoms with Gasteiger partial charge in [0.2, 0.25) is 0 Å². The van der Waals surface area contributed by atoms with Gasteiger partial charge in [0, 0.05) is 5.39 Å². The highest BCUT2D eigenvalue weighted by molar-refractivity contribution is 5.91. The van der Waals surface area contributed by atoms with E-state index in [2.05, 4.69) is 31.2 Å². The number of fused-ring (bicyclic) bond motifs is 2. The van der Waals surface area contributed by atoms with E-state index >= 15 is 0 Å². The van der Waals surface area contributed by atoms with Crippen molar-refractivity contribution < 1.29 is 9.84 Å². The van der Waals surface area contributed by atoms with Crippen molar-refractivity contribution in [3.8, 4) is 11.5 Å². The van der Waals surface area contributed by atoms with Crippen LogP contribution in [0.1, 0.15) is 11.1 Å². The molecule has 4 rings (SSSR count). The average molecular weight is 314 g/mol. The fourth-order valence-electron chi connectivity index (χ4n) is 3.17. The number of rotatable bonds is 3. The highest BCUT2D eigenvalue weighted by Gasteiger charge is 2.06. The van der Waals surface area contributed by atoms with Crippen molar-refractivity contribution >= 4 is 21.5 Å². The Balaban J connectivity index is 1.71. The van der Waals surface area contributed by atoms with Crippen LogP contribution in [-0.2, 0) is 6.61 Å². The molecule has 0 heterocycles. The minimum atomic E-state index is 0.274. The topological polar surface area (TPSA) is 29.5 Å². The van der Waals surface area contributed by atoms with Crippen LogP contribution in [0, 0.1) is 6.92 Å². The molecule has 0 amide bonds. The van der Waals surface area contributed by atoms with Crippen molar-refractivity contribution in [1.82, 2.24) is 0 Å². The number of aryl methyl sites for hydroxylation is 1. The molecule has 0 unspecified atom stereocenters. The van der Waals surface area contributed by atoms with Crippen LogP contribution in [0.25, 0.3) is 21.5 Å². The highest BCUT2D eigenvalue weighted by Crippen LogP contribution is 2.29. The van der Waals surface area contributed by atoms with Crippen LogP contribution in [0.5, 0.6) is 11.5 Å². The molecule has 4 aromatic carbocycles. The standard InChI is InChI=1S/C22H18O2/c1-15-5-2-9-20-19(15)8-4-10-22(20)24-14-17-7-3-6-16-11-12-18(23)13-21(16)17/h2-13,23H,14H2,1H3. The summed E-state index contributed by atoms with van der Waals surface area (Å²) in [5.41, 5.74) is 2.31. The van der Waals surface area contributed by atoms with Crippen LogP contribution in [0.15, 0.2) is 72.8 Å². The SMILES string of the molecule is Cc1cccc2c(OCc3cccc4ccc(O)cc34)cccc12. The third-order valence-electron chi connectivity index (χ3n) is 4.44. The largest absolute Gasteiger partial charge is 0.508 e. The van der Waals surface area contributed by atoms with Gasteiger partial charge in [0.25, 0.3) is 0 Å². The van der Waals surface area contributed by atoms with E-state index < -0.39 is 0 Å². The Kier molecular flexibility index (Phi) is 3.58. The van der Waals surface area contributed by atoms with E-state index in [1.807, 2.05) is 36.4 Å². The monoisotopic (exact) mass is 314 g/mol. The summed E-state index contributed by atoms with van der Waals surface area (Å²) in [6, 6.07) is 23.9. The van der Waals surface area contributed by atoms with E-state index in [9.17, 15) is 5.11 Å². The van der Waals surface area contributed by atoms with E-state index in [-0.39, 0.29) is 5.75 Å². The number of ether oxygens (including phenoxy) is 1. The average Bonchev–Trinajstić information content (AvgIpc) is 2.60. The number of hydrogen-bond acceptors (Lipinski definition) is 2. The zero-order valence-electron chi connectivity index (χ0n) is 13.5. The van der Waals surface area contributed by atoms with Crippen molar-refractivity contribution in [2.45, 2.75) is 13.5 Å². The lowest BCUT2D eigenvalue weighted by Gasteiger charge is -2.12. The zero-order valence-corrected chi connectivity index (χ0v) is 13.5. The molecule has 1 N–H and O–H groups in total. The number of benzene rings is 4. The van der Waals surface area contributed by atoms with E-state index in [4.69, 9.17) is 4.74 Å². The number of phenolic OH excluding ortho intramolecular Hbond substituents is 1. The summed E-state index contributed by atoms with van der Waals surface area (Å²) in [7, 11) is 0. The Morgan fingerprint density at radius 1 is 0.792 bits per heavy atom. The second kappa shape index (κ2) is 5.89. The molecular formula is C22H18O2. The van der Waals surface area contributed by atoms with Crippen molar-refractivity contribution in [3.05, 3.63) is 83.9 Å². The molecule has 0 aliphatic carbocycles. The van der Waals surface area contributed by atoms with Gasteiger partial charge >= 0.3 is 0 Å². The lowest BCUT2D eigenvalue weighted by molar-refractivity contribution is 0.311. The molecule has 24 heavy (non-hydrogen) atoms. The lowest BCUT2D eigenvalue weighted by Crippen LogP contribution is -1.97. The molecule has 0 aromatic heterocycles. The van der Waals surface area contributed by atoms with Gasteiger partial charge < -0.3 is 9.84 Å². The first kappa shape index (κ1) is 14.6. The van der Waals surface area contributed by atoms with Gasteiger partial charge in [-0.25, -0.2) is 0 Å². The van der Waals surface area contributed by atoms with E-state index in [0.29, 0.717) is 6.61 Å². The maximum atomic E-state index is 9.77. The van der Waals surface area contributed by atoms with Crippen molar-refractivity contribution in [2.24, 2.45) is 0 Å². The van der Waals surface area contributed by atoms with Gasteiger partial charge in [-0.3, -0.25) is 0 Å². The molecule has 0 atom stereocenters. The summed E-state index contributed by atoms with van der Waals surface area (Å²) in [6.07, 6.45) is 0. The lowest BCUT2D eigenvalue weighted by atomic mass is 10.0. The van der Waals surface area contributed by atoms with Gasteiger partial charge in [0.1, 0.15) is 18.1 Å². The van der Waals surface area contributed by atoms with Crippen molar-refractivity contribution in [2.75, 3.05) is 0 Å². The molecule has 0 aliphatic rings. The quantitative estimate of drug-likeness (QED) is 0.534. The second-order valence-corrected chi connectivity index (χ2v) is 6.04. The molecule has 0 aliphatic heterocycles. The third-order valence-corrected chi connectivity index (χ3v) is 4.44. The first-order chi connectivity index (χ1) is 11.7. The molecule has 2 nitrogen and oxygen atoms in total. The second-order valence-electron chi connectivity index (χ2n) is 6.04. The predicted molar refractivity (Wildman–Crippen MR) is 98.6 cm³/mol. The maximum Gasteiger partial charge on any atom is 0.127 e. The number of hydrogen-bond donors (Lipinski definition) is 1. The Bertz CT molecular complexity index is 1020.